The van der Waals surface area contributed by atoms with Gasteiger partial charge in [-0.05, 0) is 29.9 Å². The van der Waals surface area contributed by atoms with Crippen LogP contribution in [0.2, 0.25) is 0 Å². The third-order valence-corrected chi connectivity index (χ3v) is 5.48. The van der Waals surface area contributed by atoms with Crippen molar-refractivity contribution < 1.29 is 19.1 Å². The fraction of sp³-hybridized carbons (Fsp3) is 0.500. The highest BCUT2D eigenvalue weighted by atomic mass is 32.2. The van der Waals surface area contributed by atoms with Crippen molar-refractivity contribution in [3.05, 3.63) is 41.3 Å². The lowest BCUT2D eigenvalue weighted by atomic mass is 9.94. The molecule has 2 rings (SSSR count). The van der Waals surface area contributed by atoms with Gasteiger partial charge >= 0.3 is 11.9 Å². The van der Waals surface area contributed by atoms with Crippen molar-refractivity contribution in [1.29, 1.82) is 0 Å². The molecular formula is C20H26O4S. The Morgan fingerprint density at radius 2 is 2.04 bits per heavy atom. The zero-order valence-corrected chi connectivity index (χ0v) is 15.7. The molecule has 0 bridgehead atoms. The molecule has 25 heavy (non-hydrogen) atoms. The van der Waals surface area contributed by atoms with Crippen molar-refractivity contribution in [3.63, 3.8) is 0 Å². The summed E-state index contributed by atoms with van der Waals surface area (Å²) < 4.78 is 9.99. The van der Waals surface area contributed by atoms with Gasteiger partial charge in [0.05, 0.1) is 7.11 Å². The highest BCUT2D eigenvalue weighted by molar-refractivity contribution is 8.03. The minimum atomic E-state index is -0.858. The van der Waals surface area contributed by atoms with Crippen LogP contribution in [0.4, 0.5) is 0 Å². The van der Waals surface area contributed by atoms with E-state index < -0.39 is 17.9 Å². The molecule has 0 aromatic heterocycles. The quantitative estimate of drug-likeness (QED) is 0.278. The first-order valence-corrected chi connectivity index (χ1v) is 9.66. The van der Waals surface area contributed by atoms with E-state index in [0.717, 1.165) is 22.6 Å². The molecule has 0 aliphatic carbocycles. The van der Waals surface area contributed by atoms with Crippen LogP contribution in [0, 0.1) is 11.8 Å². The van der Waals surface area contributed by atoms with Gasteiger partial charge < -0.3 is 9.47 Å². The van der Waals surface area contributed by atoms with Crippen LogP contribution < -0.4 is 0 Å². The van der Waals surface area contributed by atoms with Crippen molar-refractivity contribution >= 4 is 23.7 Å². The zero-order chi connectivity index (χ0) is 18.1. The van der Waals surface area contributed by atoms with Crippen LogP contribution in [-0.4, -0.2) is 25.7 Å². The zero-order valence-electron chi connectivity index (χ0n) is 14.9. The van der Waals surface area contributed by atoms with E-state index in [4.69, 9.17) is 9.47 Å². The van der Waals surface area contributed by atoms with Gasteiger partial charge in [-0.3, -0.25) is 9.59 Å². The lowest BCUT2D eigenvalue weighted by Gasteiger charge is -2.17. The first kappa shape index (κ1) is 19.6. The van der Waals surface area contributed by atoms with Crippen molar-refractivity contribution in [1.82, 2.24) is 0 Å². The molecule has 1 aliphatic heterocycles. The summed E-state index contributed by atoms with van der Waals surface area (Å²) in [6.07, 6.45) is 7.83. The van der Waals surface area contributed by atoms with Crippen molar-refractivity contribution in [2.24, 2.45) is 11.8 Å². The fourth-order valence-electron chi connectivity index (χ4n) is 2.86. The van der Waals surface area contributed by atoms with Crippen LogP contribution in [0.5, 0.6) is 0 Å². The van der Waals surface area contributed by atoms with Crippen LogP contribution in [0.15, 0.2) is 46.2 Å². The average Bonchev–Trinajstić information content (AvgIpc) is 3.02. The number of allylic oxidation sites excluding steroid dienone is 1. The summed E-state index contributed by atoms with van der Waals surface area (Å²) in [5.41, 5.74) is 0. The monoisotopic (exact) mass is 362 g/mol. The number of cyclic esters (lactones) is 1. The molecule has 1 aromatic rings. The molecule has 1 saturated heterocycles. The maximum Gasteiger partial charge on any atom is 0.321 e. The van der Waals surface area contributed by atoms with E-state index in [9.17, 15) is 9.59 Å². The molecule has 0 unspecified atom stereocenters. The fourth-order valence-corrected chi connectivity index (χ4v) is 3.99. The van der Waals surface area contributed by atoms with Gasteiger partial charge in [0.25, 0.3) is 0 Å². The van der Waals surface area contributed by atoms with Gasteiger partial charge in [-0.25, -0.2) is 0 Å². The molecule has 0 amide bonds. The van der Waals surface area contributed by atoms with Crippen LogP contribution >= 0.6 is 11.8 Å². The predicted molar refractivity (Wildman–Crippen MR) is 99.1 cm³/mol. The average molecular weight is 362 g/mol. The Kier molecular flexibility index (Phi) is 8.06. The number of thioether (sulfide) groups is 1. The van der Waals surface area contributed by atoms with E-state index in [1.165, 1.54) is 26.4 Å². The Labute approximate surface area is 154 Å². The van der Waals surface area contributed by atoms with Crippen LogP contribution in [0.3, 0.4) is 0 Å². The largest absolute Gasteiger partial charge is 0.468 e. The van der Waals surface area contributed by atoms with E-state index in [-0.39, 0.29) is 12.5 Å². The highest BCUT2D eigenvalue weighted by Crippen LogP contribution is 2.39. The number of rotatable bonds is 9. The van der Waals surface area contributed by atoms with E-state index >= 15 is 0 Å². The first-order valence-electron chi connectivity index (χ1n) is 8.84. The molecule has 0 N–H and O–H groups in total. The number of unbranched alkanes of at least 4 members (excludes halogenated alkanes) is 4. The summed E-state index contributed by atoms with van der Waals surface area (Å²) in [6.45, 7) is 2.42. The van der Waals surface area contributed by atoms with Gasteiger partial charge in [0.15, 0.2) is 5.92 Å². The summed E-state index contributed by atoms with van der Waals surface area (Å²) in [6, 6.07) is 9.99. The molecule has 0 radical (unpaired) electrons. The number of hydrogen-bond acceptors (Lipinski definition) is 5. The van der Waals surface area contributed by atoms with Gasteiger partial charge in [0, 0.05) is 10.8 Å². The standard InChI is InChI=1S/C20H26O4S/c1-3-4-5-6-10-13-17(25-15-11-8-7-9-12-15)16-14-24-20(22)18(16)19(21)23-2/h7-9,11-13,16,18H,3-6,10,14H2,1-2H3/t16-,18+/m1/s1. The van der Waals surface area contributed by atoms with Gasteiger partial charge in [0.1, 0.15) is 6.61 Å². The molecule has 5 heteroatoms. The third-order valence-electron chi connectivity index (χ3n) is 4.26. The van der Waals surface area contributed by atoms with Crippen LogP contribution in [0.25, 0.3) is 0 Å². The van der Waals surface area contributed by atoms with Gasteiger partial charge in [-0.15, -0.1) is 0 Å². The summed E-state index contributed by atoms with van der Waals surface area (Å²) in [7, 11) is 1.31. The van der Waals surface area contributed by atoms with Crippen LogP contribution in [-0.2, 0) is 19.1 Å². The third kappa shape index (κ3) is 5.63. The molecule has 1 aromatic carbocycles. The number of carbonyl (C=O) groups is 2. The van der Waals surface area contributed by atoms with Crippen LogP contribution in [0.1, 0.15) is 39.0 Å². The molecule has 0 saturated carbocycles. The van der Waals surface area contributed by atoms with E-state index in [1.807, 2.05) is 30.3 Å². The maximum atomic E-state index is 12.0. The van der Waals surface area contributed by atoms with E-state index in [2.05, 4.69) is 13.0 Å². The number of benzene rings is 1. The Morgan fingerprint density at radius 1 is 1.28 bits per heavy atom. The van der Waals surface area contributed by atoms with Crippen molar-refractivity contribution in [3.8, 4) is 0 Å². The topological polar surface area (TPSA) is 52.6 Å². The predicted octanol–water partition coefficient (Wildman–Crippen LogP) is 4.60. The molecule has 1 fully saturated rings. The lowest BCUT2D eigenvalue weighted by molar-refractivity contribution is -0.154. The smallest absolute Gasteiger partial charge is 0.321 e. The number of ether oxygens (including phenoxy) is 2. The van der Waals surface area contributed by atoms with Crippen molar-refractivity contribution in [2.45, 2.75) is 43.9 Å². The molecule has 4 nitrogen and oxygen atoms in total. The second-order valence-electron chi connectivity index (χ2n) is 6.11. The molecule has 2 atom stereocenters. The summed E-state index contributed by atoms with van der Waals surface area (Å²) in [4.78, 5) is 26.2. The minimum Gasteiger partial charge on any atom is -0.468 e. The normalized spacial score (nSPS) is 20.4. The SMILES string of the molecule is CCCCCCC=C(Sc1ccccc1)[C@H]1COC(=O)[C@@H]1C(=O)OC. The lowest BCUT2D eigenvalue weighted by Crippen LogP contribution is -2.27. The minimum absolute atomic E-state index is 0.235. The Hall–Kier alpha value is -1.75. The first-order chi connectivity index (χ1) is 12.2. The summed E-state index contributed by atoms with van der Waals surface area (Å²) in [5, 5.41) is 0. The second kappa shape index (κ2) is 10.3. The van der Waals surface area contributed by atoms with Gasteiger partial charge in [0.2, 0.25) is 0 Å². The number of esters is 2. The molecular weight excluding hydrogens is 336 g/mol. The van der Waals surface area contributed by atoms with Gasteiger partial charge in [-0.2, -0.15) is 0 Å². The van der Waals surface area contributed by atoms with E-state index in [1.54, 1.807) is 11.8 Å². The Bertz CT molecular complexity index is 597. The van der Waals surface area contributed by atoms with Crippen molar-refractivity contribution in [2.75, 3.05) is 13.7 Å². The molecule has 136 valence electrons. The number of methoxy groups -OCH3 is 1. The number of hydrogen-bond donors (Lipinski definition) is 0. The molecule has 1 heterocycles. The highest BCUT2D eigenvalue weighted by Gasteiger charge is 2.45. The second-order valence-corrected chi connectivity index (χ2v) is 7.26. The van der Waals surface area contributed by atoms with E-state index in [0.29, 0.717) is 0 Å². The summed E-state index contributed by atoms with van der Waals surface area (Å²) >= 11 is 1.60. The number of carbonyl (C=O) groups excluding carboxylic acids is 2. The molecule has 1 aliphatic rings. The maximum absolute atomic E-state index is 12.0. The summed E-state index contributed by atoms with van der Waals surface area (Å²) in [5.74, 6) is -2.13. The molecule has 0 spiro atoms. The Morgan fingerprint density at radius 3 is 2.72 bits per heavy atom. The van der Waals surface area contributed by atoms with Gasteiger partial charge in [-0.1, -0.05) is 62.2 Å². The Balaban J connectivity index is 2.16.